The number of aliphatic imine (C=N–C) groups is 1. The molecule has 5 aliphatic rings. The molecule has 6 heterocycles. The van der Waals surface area contributed by atoms with Gasteiger partial charge in [-0.1, -0.05) is 25.1 Å². The normalized spacial score (nSPS) is 22.8. The summed E-state index contributed by atoms with van der Waals surface area (Å²) in [6.45, 7) is 7.50. The van der Waals surface area contributed by atoms with E-state index in [1.54, 1.807) is 7.11 Å². The van der Waals surface area contributed by atoms with Crippen molar-refractivity contribution in [3.8, 4) is 28.1 Å². The van der Waals surface area contributed by atoms with Crippen LogP contribution in [0.1, 0.15) is 88.7 Å². The molecule has 65 heavy (non-hydrogen) atoms. The number of imidazole rings is 1. The van der Waals surface area contributed by atoms with Crippen LogP contribution in [0.3, 0.4) is 0 Å². The molecule has 16 nitrogen and oxygen atoms in total. The second kappa shape index (κ2) is 18.5. The second-order valence-electron chi connectivity index (χ2n) is 18.0. The van der Waals surface area contributed by atoms with Crippen LogP contribution in [0.15, 0.2) is 53.7 Å². The molecular weight excluding hydrogens is 831 g/mol. The van der Waals surface area contributed by atoms with Crippen LogP contribution >= 0.6 is 0 Å². The molecule has 0 aliphatic carbocycles. The summed E-state index contributed by atoms with van der Waals surface area (Å²) in [7, 11) is 4.14. The average Bonchev–Trinajstić information content (AvgIpc) is 4.15. The monoisotopic (exact) mass is 889 g/mol. The molecule has 3 saturated heterocycles. The summed E-state index contributed by atoms with van der Waals surface area (Å²) in [5.74, 6) is 1.14. The van der Waals surface area contributed by atoms with Crippen LogP contribution in [0.2, 0.25) is 0 Å². The summed E-state index contributed by atoms with van der Waals surface area (Å²) in [5.41, 5.74) is 7.89. The maximum Gasteiger partial charge on any atom is 0.407 e. The van der Waals surface area contributed by atoms with E-state index in [9.17, 15) is 19.2 Å². The van der Waals surface area contributed by atoms with E-state index in [2.05, 4.69) is 58.1 Å². The first-order valence-electron chi connectivity index (χ1n) is 22.9. The van der Waals surface area contributed by atoms with E-state index in [1.165, 1.54) is 14.2 Å². The molecule has 0 saturated carbocycles. The minimum atomic E-state index is -0.894. The highest BCUT2D eigenvalue weighted by atomic mass is 16.5. The van der Waals surface area contributed by atoms with Gasteiger partial charge in [-0.05, 0) is 122 Å². The van der Waals surface area contributed by atoms with Crippen molar-refractivity contribution < 1.29 is 42.9 Å². The number of hydrogen-bond donors (Lipinski definition) is 3. The Bertz CT molecular complexity index is 2510. The largest absolute Gasteiger partial charge is 0.488 e. The Balaban J connectivity index is 0.932. The molecule has 0 bridgehead atoms. The number of amides is 4. The number of carbonyl (C=O) groups excluding carboxylic acids is 4. The molecule has 16 heteroatoms. The predicted molar refractivity (Wildman–Crippen MR) is 243 cm³/mol. The standard InChI is InChI=1S/C49H59N7O9/c1-7-41(61-4)44(54-49(60)63-6)47(58)55-26(2)8-14-39(55)37-22-34-33-23-42-35(21-29(33)11-13-36(34)51-37)32-12-10-30(20-31(32)25-65-42)38-24-50-45(52-38)40-15-9-27(3)56(40)46(57)43(53-48(59)62-5)28-16-18-64-19-17-28/h10-13,20-21,23-24,26-28,39-41,43-44H,7-9,14-19,22,25H2,1-6H3,(H,50,52)(H,53,59)(H,54,60)/t26-,27-,39-,40-,41+,43?,44-/m0/s1. The van der Waals surface area contributed by atoms with E-state index >= 15 is 0 Å². The second-order valence-corrected chi connectivity index (χ2v) is 18.0. The molecule has 3 N–H and O–H groups in total. The third-order valence-corrected chi connectivity index (χ3v) is 14.3. The van der Waals surface area contributed by atoms with Crippen molar-refractivity contribution in [3.05, 3.63) is 65.6 Å². The summed E-state index contributed by atoms with van der Waals surface area (Å²) in [4.78, 5) is 70.6. The SMILES string of the molecule is CC[C@@H](OC)[C@H](NC(=O)OC)C(=O)N1[C@@H](C)CC[C@H]1C1=Nc2ccc3cc4c(cc3c2C1)OCc1cc(-c2cnc([C@@H]3CC[C@H](C)N3C(=O)C(NC(=O)OC)C3CCOCC3)[nH]2)ccc1-4. The topological polar surface area (TPSA) is 186 Å². The van der Waals surface area contributed by atoms with Gasteiger partial charge in [0, 0.05) is 50.1 Å². The average molecular weight is 890 g/mol. The minimum Gasteiger partial charge on any atom is -0.488 e. The van der Waals surface area contributed by atoms with E-state index in [0.29, 0.717) is 51.3 Å². The third-order valence-electron chi connectivity index (χ3n) is 14.3. The van der Waals surface area contributed by atoms with Crippen LogP contribution in [0.25, 0.3) is 33.2 Å². The van der Waals surface area contributed by atoms with Gasteiger partial charge in [0.1, 0.15) is 30.3 Å². The molecular formula is C49H59N7O9. The number of alkyl carbamates (subject to hydrolysis) is 2. The predicted octanol–water partition coefficient (Wildman–Crippen LogP) is 7.15. The number of H-pyrrole nitrogens is 1. The van der Waals surface area contributed by atoms with Crippen LogP contribution in [0, 0.1) is 5.92 Å². The van der Waals surface area contributed by atoms with Crippen molar-refractivity contribution in [1.82, 2.24) is 30.4 Å². The number of nitrogens with one attached hydrogen (secondary N) is 3. The van der Waals surface area contributed by atoms with Gasteiger partial charge < -0.3 is 49.1 Å². The van der Waals surface area contributed by atoms with Crippen LogP contribution in [0.5, 0.6) is 5.75 Å². The Morgan fingerprint density at radius 1 is 0.846 bits per heavy atom. The Labute approximate surface area is 378 Å². The van der Waals surface area contributed by atoms with Crippen molar-refractivity contribution >= 4 is 46.2 Å². The van der Waals surface area contributed by atoms with Gasteiger partial charge in [0.2, 0.25) is 11.8 Å². The van der Waals surface area contributed by atoms with Gasteiger partial charge in [-0.25, -0.2) is 14.6 Å². The highest BCUT2D eigenvalue weighted by Crippen LogP contribution is 2.45. The molecule has 0 radical (unpaired) electrons. The lowest BCUT2D eigenvalue weighted by Gasteiger charge is -2.36. The molecule has 9 rings (SSSR count). The zero-order chi connectivity index (χ0) is 45.5. The van der Waals surface area contributed by atoms with Gasteiger partial charge in [0.05, 0.1) is 50.0 Å². The van der Waals surface area contributed by atoms with E-state index in [0.717, 1.165) is 87.1 Å². The number of methoxy groups -OCH3 is 3. The van der Waals surface area contributed by atoms with Gasteiger partial charge in [0.25, 0.3) is 0 Å². The molecule has 4 aromatic rings. The van der Waals surface area contributed by atoms with Gasteiger partial charge in [-0.3, -0.25) is 14.6 Å². The van der Waals surface area contributed by atoms with E-state index in [1.807, 2.05) is 36.8 Å². The summed E-state index contributed by atoms with van der Waals surface area (Å²) < 4.78 is 27.5. The first-order valence-corrected chi connectivity index (χ1v) is 22.9. The van der Waals surface area contributed by atoms with Crippen LogP contribution in [0.4, 0.5) is 15.3 Å². The number of hydrogen-bond acceptors (Lipinski definition) is 11. The number of carbonyl (C=O) groups is 4. The molecule has 344 valence electrons. The lowest BCUT2D eigenvalue weighted by molar-refractivity contribution is -0.139. The van der Waals surface area contributed by atoms with Crippen LogP contribution < -0.4 is 15.4 Å². The summed E-state index contributed by atoms with van der Waals surface area (Å²) in [5, 5.41) is 7.72. The first kappa shape index (κ1) is 44.2. The molecule has 5 aliphatic heterocycles. The molecule has 0 spiro atoms. The lowest BCUT2D eigenvalue weighted by Crippen LogP contribution is -2.58. The van der Waals surface area contributed by atoms with E-state index in [4.69, 9.17) is 33.7 Å². The van der Waals surface area contributed by atoms with Crippen LogP contribution in [-0.2, 0) is 41.6 Å². The van der Waals surface area contributed by atoms with Crippen molar-refractivity contribution in [3.63, 3.8) is 0 Å². The molecule has 7 atom stereocenters. The summed E-state index contributed by atoms with van der Waals surface area (Å²) >= 11 is 0. The highest BCUT2D eigenvalue weighted by molar-refractivity contribution is 6.07. The van der Waals surface area contributed by atoms with E-state index in [-0.39, 0.29) is 41.9 Å². The Hall–Kier alpha value is -6.00. The van der Waals surface area contributed by atoms with E-state index < -0.39 is 30.4 Å². The number of likely N-dealkylation sites (tertiary alicyclic amines) is 2. The van der Waals surface area contributed by atoms with Crippen molar-refractivity contribution in [2.45, 2.75) is 121 Å². The fourth-order valence-electron chi connectivity index (χ4n) is 10.8. The summed E-state index contributed by atoms with van der Waals surface area (Å²) in [6.07, 6.45) is 5.67. The number of ether oxygens (including phenoxy) is 5. The molecule has 1 unspecified atom stereocenters. The van der Waals surface area contributed by atoms with Gasteiger partial charge >= 0.3 is 12.2 Å². The maximum absolute atomic E-state index is 14.3. The van der Waals surface area contributed by atoms with Crippen molar-refractivity contribution in [1.29, 1.82) is 0 Å². The first-order chi connectivity index (χ1) is 31.5. The third kappa shape index (κ3) is 8.30. The zero-order valence-corrected chi connectivity index (χ0v) is 38.0. The Kier molecular flexibility index (Phi) is 12.6. The fraction of sp³-hybridized carbons (Fsp3) is 0.510. The Morgan fingerprint density at radius 3 is 2.29 bits per heavy atom. The Morgan fingerprint density at radius 2 is 1.57 bits per heavy atom. The lowest BCUT2D eigenvalue weighted by atomic mass is 9.90. The number of nitrogens with zero attached hydrogens (tertiary/aromatic N) is 4. The number of rotatable bonds is 11. The van der Waals surface area contributed by atoms with Gasteiger partial charge in [-0.15, -0.1) is 0 Å². The van der Waals surface area contributed by atoms with Crippen molar-refractivity contribution in [2.75, 3.05) is 34.5 Å². The minimum absolute atomic E-state index is 0.0287. The highest BCUT2D eigenvalue weighted by Gasteiger charge is 2.45. The molecule has 3 aromatic carbocycles. The number of fused-ring (bicyclic) bond motifs is 6. The smallest absolute Gasteiger partial charge is 0.407 e. The quantitative estimate of drug-likeness (QED) is 0.140. The van der Waals surface area contributed by atoms with Crippen molar-refractivity contribution in [2.24, 2.45) is 10.9 Å². The number of aromatic nitrogens is 2. The van der Waals surface area contributed by atoms with Gasteiger partial charge in [-0.2, -0.15) is 0 Å². The van der Waals surface area contributed by atoms with Crippen LogP contribution in [-0.4, -0.2) is 120 Å². The molecule has 1 aromatic heterocycles. The molecule has 4 amide bonds. The summed E-state index contributed by atoms with van der Waals surface area (Å²) in [6, 6.07) is 12.7. The number of aromatic amines is 1. The fourth-order valence-corrected chi connectivity index (χ4v) is 10.8. The zero-order valence-electron chi connectivity index (χ0n) is 38.0. The number of benzene rings is 3. The maximum atomic E-state index is 14.3. The van der Waals surface area contributed by atoms with Gasteiger partial charge in [0.15, 0.2) is 0 Å². The molecule has 3 fully saturated rings.